The molecule has 1 heterocycles. The van der Waals surface area contributed by atoms with Crippen molar-refractivity contribution in [1.29, 1.82) is 0 Å². The molecule has 6 nitrogen and oxygen atoms in total. The number of benzene rings is 3. The average Bonchev–Trinajstić information content (AvgIpc) is 2.87. The molecule has 0 aromatic heterocycles. The van der Waals surface area contributed by atoms with Crippen LogP contribution in [0.25, 0.3) is 5.76 Å². The molecule has 0 bridgehead atoms. The van der Waals surface area contributed by atoms with E-state index in [1.54, 1.807) is 72.8 Å². The maximum atomic E-state index is 13.5. The molecule has 0 amide bonds. The van der Waals surface area contributed by atoms with Crippen molar-refractivity contribution in [2.75, 3.05) is 0 Å². The lowest BCUT2D eigenvalue weighted by molar-refractivity contribution is -0.118. The normalized spacial score (nSPS) is 20.6. The van der Waals surface area contributed by atoms with Crippen molar-refractivity contribution in [2.24, 2.45) is 16.1 Å². The van der Waals surface area contributed by atoms with Crippen molar-refractivity contribution in [1.82, 2.24) is 0 Å². The van der Waals surface area contributed by atoms with Crippen LogP contribution in [-0.2, 0) is 14.6 Å². The number of carbonyl (C=O) groups is 1. The van der Waals surface area contributed by atoms with Gasteiger partial charge in [-0.3, -0.25) is 4.79 Å². The van der Waals surface area contributed by atoms with E-state index in [1.807, 2.05) is 26.8 Å². The van der Waals surface area contributed by atoms with E-state index < -0.39 is 15.8 Å². The Morgan fingerprint density at radius 1 is 0.921 bits per heavy atom. The first kappa shape index (κ1) is 25.7. The third-order valence-electron chi connectivity index (χ3n) is 7.16. The lowest BCUT2D eigenvalue weighted by atomic mass is 9.68. The number of aliphatic hydroxyl groups excluding tert-OH is 1. The van der Waals surface area contributed by atoms with Crippen molar-refractivity contribution in [3.05, 3.63) is 112 Å². The number of carbonyl (C=O) groups excluding carboxylic acids is 1. The molecular weight excluding hydrogens is 496 g/mol. The van der Waals surface area contributed by atoms with E-state index in [0.29, 0.717) is 40.8 Å². The summed E-state index contributed by atoms with van der Waals surface area (Å²) in [5.74, 6) is -0.635. The summed E-state index contributed by atoms with van der Waals surface area (Å²) in [6.45, 7) is 5.94. The number of Topliss-reactive ketones (excluding diaryl/α,β-unsaturated/α-hetero) is 1. The minimum absolute atomic E-state index is 0.0489. The number of nitrogens with two attached hydrogens (primary N) is 1. The SMILES string of the molecule is Cc1ccc(S(=O)(=O)c2ccc(C3C4=C(CC(C)(C)CC4=O)N=C(N)C3=C(O)c3ccccc3)cc2)cc1. The van der Waals surface area contributed by atoms with Gasteiger partial charge in [-0.15, -0.1) is 0 Å². The molecule has 194 valence electrons. The highest BCUT2D eigenvalue weighted by Crippen LogP contribution is 2.48. The van der Waals surface area contributed by atoms with E-state index in [-0.39, 0.29) is 32.6 Å². The number of nitrogens with zero attached hydrogens (tertiary/aromatic N) is 1. The Kier molecular flexibility index (Phi) is 6.35. The Hall–Kier alpha value is -3.97. The second-order valence-corrected chi connectivity index (χ2v) is 12.7. The van der Waals surface area contributed by atoms with Crippen LogP contribution in [0, 0.1) is 12.3 Å². The monoisotopic (exact) mass is 526 g/mol. The van der Waals surface area contributed by atoms with E-state index in [2.05, 4.69) is 4.99 Å². The molecule has 0 fully saturated rings. The number of ketones is 1. The van der Waals surface area contributed by atoms with Gasteiger partial charge in [0, 0.05) is 29.0 Å². The number of sulfone groups is 1. The number of hydrogen-bond donors (Lipinski definition) is 2. The van der Waals surface area contributed by atoms with Gasteiger partial charge in [0.15, 0.2) is 5.78 Å². The molecule has 1 atom stereocenters. The van der Waals surface area contributed by atoms with Crippen LogP contribution in [0.2, 0.25) is 0 Å². The van der Waals surface area contributed by atoms with Crippen molar-refractivity contribution < 1.29 is 18.3 Å². The number of aliphatic hydroxyl groups is 1. The molecule has 38 heavy (non-hydrogen) atoms. The first-order valence-corrected chi connectivity index (χ1v) is 14.0. The van der Waals surface area contributed by atoms with Gasteiger partial charge >= 0.3 is 0 Å². The molecule has 3 N–H and O–H groups in total. The van der Waals surface area contributed by atoms with Crippen LogP contribution in [0.15, 0.2) is 110 Å². The summed E-state index contributed by atoms with van der Waals surface area (Å²) in [6.07, 6.45) is 0.918. The zero-order valence-corrected chi connectivity index (χ0v) is 22.4. The van der Waals surface area contributed by atoms with Gasteiger partial charge in [-0.25, -0.2) is 13.4 Å². The van der Waals surface area contributed by atoms with E-state index in [1.165, 1.54) is 0 Å². The van der Waals surface area contributed by atoms with Crippen LogP contribution in [0.4, 0.5) is 0 Å². The quantitative estimate of drug-likeness (QED) is 0.412. The Morgan fingerprint density at radius 2 is 1.50 bits per heavy atom. The fraction of sp³-hybridized carbons (Fsp3) is 0.226. The average molecular weight is 527 g/mol. The van der Waals surface area contributed by atoms with E-state index in [9.17, 15) is 18.3 Å². The third-order valence-corrected chi connectivity index (χ3v) is 8.95. The van der Waals surface area contributed by atoms with Crippen molar-refractivity contribution in [3.63, 3.8) is 0 Å². The third kappa shape index (κ3) is 4.58. The zero-order valence-electron chi connectivity index (χ0n) is 21.6. The van der Waals surface area contributed by atoms with Gasteiger partial charge in [0.2, 0.25) is 9.84 Å². The molecule has 1 aliphatic heterocycles. The number of rotatable bonds is 4. The Balaban J connectivity index is 1.66. The summed E-state index contributed by atoms with van der Waals surface area (Å²) in [6, 6.07) is 22.2. The molecule has 3 aromatic carbocycles. The topological polar surface area (TPSA) is 110 Å². The second kappa shape index (κ2) is 9.40. The number of amidine groups is 1. The molecular formula is C31H30N2O4S. The van der Waals surface area contributed by atoms with Crippen LogP contribution < -0.4 is 5.73 Å². The van der Waals surface area contributed by atoms with Gasteiger partial charge in [-0.2, -0.15) is 0 Å². The molecule has 0 spiro atoms. The summed E-state index contributed by atoms with van der Waals surface area (Å²) in [5.41, 5.74) is 9.85. The first-order chi connectivity index (χ1) is 18.0. The Morgan fingerprint density at radius 3 is 2.11 bits per heavy atom. The lowest BCUT2D eigenvalue weighted by Crippen LogP contribution is -2.35. The summed E-state index contributed by atoms with van der Waals surface area (Å²) < 4.78 is 26.5. The summed E-state index contributed by atoms with van der Waals surface area (Å²) >= 11 is 0. The predicted octanol–water partition coefficient (Wildman–Crippen LogP) is 5.89. The largest absolute Gasteiger partial charge is 0.507 e. The molecule has 0 saturated heterocycles. The Labute approximate surface area is 223 Å². The van der Waals surface area contributed by atoms with Crippen LogP contribution >= 0.6 is 0 Å². The van der Waals surface area contributed by atoms with E-state index in [0.717, 1.165) is 5.56 Å². The van der Waals surface area contributed by atoms with E-state index >= 15 is 0 Å². The number of aliphatic imine (C=N–C) groups is 1. The predicted molar refractivity (Wildman–Crippen MR) is 148 cm³/mol. The number of allylic oxidation sites excluding steroid dienone is 2. The van der Waals surface area contributed by atoms with Gasteiger partial charge in [-0.05, 0) is 48.6 Å². The van der Waals surface area contributed by atoms with Crippen molar-refractivity contribution in [2.45, 2.75) is 49.3 Å². The highest BCUT2D eigenvalue weighted by Gasteiger charge is 2.42. The summed E-state index contributed by atoms with van der Waals surface area (Å²) in [5, 5.41) is 11.4. The molecule has 7 heteroatoms. The molecule has 2 aliphatic rings. The molecule has 1 unspecified atom stereocenters. The van der Waals surface area contributed by atoms with Gasteiger partial charge in [-0.1, -0.05) is 74.0 Å². The van der Waals surface area contributed by atoms with Crippen LogP contribution in [0.5, 0.6) is 0 Å². The number of aryl methyl sites for hydroxylation is 1. The van der Waals surface area contributed by atoms with E-state index in [4.69, 9.17) is 5.73 Å². The standard InChI is InChI=1S/C31H30N2O4S/c1-19-9-13-22(14-10-19)38(36,37)23-15-11-20(12-16-23)26-27-24(17-31(2,3)18-25(27)34)33-30(32)28(26)29(35)21-7-5-4-6-8-21/h4-16,26,35H,17-18H2,1-3H3,(H2,32,33). The van der Waals surface area contributed by atoms with Gasteiger partial charge in [0.25, 0.3) is 0 Å². The Bertz CT molecular complexity index is 1610. The molecule has 5 rings (SSSR count). The van der Waals surface area contributed by atoms with Gasteiger partial charge < -0.3 is 10.8 Å². The van der Waals surface area contributed by atoms with Crippen molar-refractivity contribution in [3.8, 4) is 0 Å². The fourth-order valence-electron chi connectivity index (χ4n) is 5.26. The zero-order chi connectivity index (χ0) is 27.2. The molecule has 3 aromatic rings. The highest BCUT2D eigenvalue weighted by atomic mass is 32.2. The summed E-state index contributed by atoms with van der Waals surface area (Å²) in [4.78, 5) is 18.5. The minimum atomic E-state index is -3.73. The first-order valence-electron chi connectivity index (χ1n) is 12.5. The lowest BCUT2D eigenvalue weighted by Gasteiger charge is -2.37. The maximum Gasteiger partial charge on any atom is 0.206 e. The fourth-order valence-corrected chi connectivity index (χ4v) is 6.52. The van der Waals surface area contributed by atoms with Crippen LogP contribution in [0.3, 0.4) is 0 Å². The van der Waals surface area contributed by atoms with Crippen LogP contribution in [-0.4, -0.2) is 25.1 Å². The summed E-state index contributed by atoms with van der Waals surface area (Å²) in [7, 11) is -3.73. The highest BCUT2D eigenvalue weighted by molar-refractivity contribution is 7.91. The van der Waals surface area contributed by atoms with Crippen molar-refractivity contribution >= 4 is 27.2 Å². The minimum Gasteiger partial charge on any atom is -0.507 e. The number of hydrogen-bond acceptors (Lipinski definition) is 6. The molecule has 1 aliphatic carbocycles. The molecule has 0 radical (unpaired) electrons. The smallest absolute Gasteiger partial charge is 0.206 e. The molecule has 0 saturated carbocycles. The van der Waals surface area contributed by atoms with Crippen LogP contribution in [0.1, 0.15) is 49.3 Å². The van der Waals surface area contributed by atoms with Gasteiger partial charge in [0.1, 0.15) is 11.6 Å². The van der Waals surface area contributed by atoms with Gasteiger partial charge in [0.05, 0.1) is 15.5 Å². The second-order valence-electron chi connectivity index (χ2n) is 10.7. The maximum absolute atomic E-state index is 13.5.